The van der Waals surface area contributed by atoms with Crippen molar-refractivity contribution in [2.24, 2.45) is 5.92 Å². The highest BCUT2D eigenvalue weighted by molar-refractivity contribution is 4.67. The molecule has 0 rings (SSSR count). The lowest BCUT2D eigenvalue weighted by molar-refractivity contribution is -0.323. The second kappa shape index (κ2) is 6.24. The lowest BCUT2D eigenvalue weighted by Gasteiger charge is -2.20. The highest BCUT2D eigenvalue weighted by Crippen LogP contribution is 2.15. The van der Waals surface area contributed by atoms with Crippen LogP contribution in [-0.4, -0.2) is 25.6 Å². The van der Waals surface area contributed by atoms with Crippen molar-refractivity contribution in [2.45, 2.75) is 39.6 Å². The summed E-state index contributed by atoms with van der Waals surface area (Å²) in [6.07, 6.45) is -3.61. The highest BCUT2D eigenvalue weighted by Gasteiger charge is 2.28. The SMILES string of the molecule is CCC(NCCOC(F)(F)F)C(C)C. The van der Waals surface area contributed by atoms with Crippen LogP contribution in [-0.2, 0) is 4.74 Å². The van der Waals surface area contributed by atoms with Gasteiger partial charge in [-0.1, -0.05) is 20.8 Å². The molecule has 0 spiro atoms. The molecule has 0 aromatic carbocycles. The van der Waals surface area contributed by atoms with Gasteiger partial charge in [-0.05, 0) is 12.3 Å². The van der Waals surface area contributed by atoms with E-state index in [4.69, 9.17) is 0 Å². The topological polar surface area (TPSA) is 21.3 Å². The maximum atomic E-state index is 11.6. The first-order valence-corrected chi connectivity index (χ1v) is 4.81. The van der Waals surface area contributed by atoms with E-state index in [1.807, 2.05) is 20.8 Å². The maximum absolute atomic E-state index is 11.6. The van der Waals surface area contributed by atoms with Crippen LogP contribution >= 0.6 is 0 Å². The second-order valence-corrected chi connectivity index (χ2v) is 3.51. The molecule has 14 heavy (non-hydrogen) atoms. The zero-order chi connectivity index (χ0) is 11.2. The average molecular weight is 213 g/mol. The third-order valence-corrected chi connectivity index (χ3v) is 2.02. The molecule has 86 valence electrons. The summed E-state index contributed by atoms with van der Waals surface area (Å²) in [5, 5.41) is 3.02. The molecule has 0 saturated heterocycles. The molecule has 0 bridgehead atoms. The van der Waals surface area contributed by atoms with Crippen molar-refractivity contribution in [1.82, 2.24) is 5.32 Å². The Morgan fingerprint density at radius 3 is 2.21 bits per heavy atom. The number of rotatable bonds is 6. The molecule has 1 unspecified atom stereocenters. The van der Waals surface area contributed by atoms with Gasteiger partial charge < -0.3 is 5.32 Å². The van der Waals surface area contributed by atoms with E-state index >= 15 is 0 Å². The number of ether oxygens (including phenoxy) is 1. The highest BCUT2D eigenvalue weighted by atomic mass is 19.4. The first-order chi connectivity index (χ1) is 6.37. The molecule has 0 heterocycles. The van der Waals surface area contributed by atoms with Crippen LogP contribution < -0.4 is 5.32 Å². The number of alkyl halides is 3. The fraction of sp³-hybridized carbons (Fsp3) is 1.00. The van der Waals surface area contributed by atoms with Gasteiger partial charge in [0.1, 0.15) is 0 Å². The minimum Gasteiger partial charge on any atom is -0.311 e. The molecule has 0 aromatic rings. The van der Waals surface area contributed by atoms with Gasteiger partial charge in [0.25, 0.3) is 0 Å². The lowest BCUT2D eigenvalue weighted by atomic mass is 10.0. The van der Waals surface area contributed by atoms with Gasteiger partial charge in [0.05, 0.1) is 6.61 Å². The molecule has 0 aliphatic heterocycles. The van der Waals surface area contributed by atoms with Gasteiger partial charge in [0, 0.05) is 12.6 Å². The van der Waals surface area contributed by atoms with E-state index in [-0.39, 0.29) is 19.2 Å². The molecule has 0 aliphatic carbocycles. The van der Waals surface area contributed by atoms with E-state index in [0.29, 0.717) is 5.92 Å². The molecule has 5 heteroatoms. The van der Waals surface area contributed by atoms with Crippen molar-refractivity contribution in [3.8, 4) is 0 Å². The van der Waals surface area contributed by atoms with Crippen molar-refractivity contribution in [2.75, 3.05) is 13.2 Å². The fourth-order valence-corrected chi connectivity index (χ4v) is 1.26. The zero-order valence-corrected chi connectivity index (χ0v) is 8.82. The summed E-state index contributed by atoms with van der Waals surface area (Å²) >= 11 is 0. The normalized spacial score (nSPS) is 14.8. The summed E-state index contributed by atoms with van der Waals surface area (Å²) in [5.74, 6) is 0.422. The second-order valence-electron chi connectivity index (χ2n) is 3.51. The van der Waals surface area contributed by atoms with Crippen LogP contribution in [0.1, 0.15) is 27.2 Å². The Morgan fingerprint density at radius 2 is 1.86 bits per heavy atom. The summed E-state index contributed by atoms with van der Waals surface area (Å²) < 4.78 is 38.4. The number of nitrogens with one attached hydrogen (secondary N) is 1. The molecule has 0 saturated carbocycles. The van der Waals surface area contributed by atoms with E-state index in [0.717, 1.165) is 6.42 Å². The van der Waals surface area contributed by atoms with Crippen LogP contribution in [0.3, 0.4) is 0 Å². The largest absolute Gasteiger partial charge is 0.522 e. The third kappa shape index (κ3) is 7.15. The fourth-order valence-electron chi connectivity index (χ4n) is 1.26. The third-order valence-electron chi connectivity index (χ3n) is 2.02. The zero-order valence-electron chi connectivity index (χ0n) is 8.82. The predicted molar refractivity (Wildman–Crippen MR) is 48.9 cm³/mol. The Hall–Kier alpha value is -0.290. The summed E-state index contributed by atoms with van der Waals surface area (Å²) in [7, 11) is 0. The minimum absolute atomic E-state index is 0.232. The Balaban J connectivity index is 3.52. The summed E-state index contributed by atoms with van der Waals surface area (Å²) in [4.78, 5) is 0. The summed E-state index contributed by atoms with van der Waals surface area (Å²) in [6.45, 7) is 5.97. The molecule has 0 radical (unpaired) electrons. The minimum atomic E-state index is -4.51. The Morgan fingerprint density at radius 1 is 1.29 bits per heavy atom. The Labute approximate surface area is 82.8 Å². The van der Waals surface area contributed by atoms with Crippen molar-refractivity contribution < 1.29 is 17.9 Å². The first-order valence-electron chi connectivity index (χ1n) is 4.81. The molecule has 0 amide bonds. The van der Waals surface area contributed by atoms with Crippen LogP contribution in [0.4, 0.5) is 13.2 Å². The Bertz CT molecular complexity index is 147. The standard InChI is InChI=1S/C9H18F3NO/c1-4-8(7(2)3)13-5-6-14-9(10,11)12/h7-8,13H,4-6H2,1-3H3. The van der Waals surface area contributed by atoms with Crippen LogP contribution in [0.25, 0.3) is 0 Å². The summed E-state index contributed by atoms with van der Waals surface area (Å²) in [6, 6.07) is 0.256. The summed E-state index contributed by atoms with van der Waals surface area (Å²) in [5.41, 5.74) is 0. The van der Waals surface area contributed by atoms with E-state index in [9.17, 15) is 13.2 Å². The molecule has 0 aliphatic rings. The van der Waals surface area contributed by atoms with E-state index in [2.05, 4.69) is 10.1 Å². The van der Waals surface area contributed by atoms with Gasteiger partial charge in [0.2, 0.25) is 0 Å². The monoisotopic (exact) mass is 213 g/mol. The van der Waals surface area contributed by atoms with Crippen LogP contribution in [0.2, 0.25) is 0 Å². The molecule has 0 fully saturated rings. The number of hydrogen-bond acceptors (Lipinski definition) is 2. The molecule has 2 nitrogen and oxygen atoms in total. The quantitative estimate of drug-likeness (QED) is 0.684. The van der Waals surface area contributed by atoms with Gasteiger partial charge in [-0.3, -0.25) is 4.74 Å². The molecule has 1 atom stereocenters. The average Bonchev–Trinajstić information content (AvgIpc) is 2.01. The van der Waals surface area contributed by atoms with Crippen LogP contribution in [0.15, 0.2) is 0 Å². The van der Waals surface area contributed by atoms with E-state index < -0.39 is 6.36 Å². The van der Waals surface area contributed by atoms with Gasteiger partial charge in [-0.15, -0.1) is 13.2 Å². The van der Waals surface area contributed by atoms with E-state index in [1.54, 1.807) is 0 Å². The molecular formula is C9H18F3NO. The van der Waals surface area contributed by atoms with Crippen molar-refractivity contribution in [1.29, 1.82) is 0 Å². The molecule has 1 N–H and O–H groups in total. The van der Waals surface area contributed by atoms with Crippen molar-refractivity contribution >= 4 is 0 Å². The van der Waals surface area contributed by atoms with E-state index in [1.165, 1.54) is 0 Å². The first kappa shape index (κ1) is 13.7. The maximum Gasteiger partial charge on any atom is 0.522 e. The van der Waals surface area contributed by atoms with Crippen LogP contribution in [0, 0.1) is 5.92 Å². The van der Waals surface area contributed by atoms with Gasteiger partial charge in [-0.25, -0.2) is 0 Å². The van der Waals surface area contributed by atoms with Crippen molar-refractivity contribution in [3.05, 3.63) is 0 Å². The number of halogens is 3. The Kier molecular flexibility index (Phi) is 6.11. The lowest BCUT2D eigenvalue weighted by Crippen LogP contribution is -2.36. The molecular weight excluding hydrogens is 195 g/mol. The predicted octanol–water partition coefficient (Wildman–Crippen LogP) is 2.55. The number of hydrogen-bond donors (Lipinski definition) is 1. The van der Waals surface area contributed by atoms with Crippen molar-refractivity contribution in [3.63, 3.8) is 0 Å². The smallest absolute Gasteiger partial charge is 0.311 e. The van der Waals surface area contributed by atoms with Gasteiger partial charge in [-0.2, -0.15) is 0 Å². The van der Waals surface area contributed by atoms with Crippen LogP contribution in [0.5, 0.6) is 0 Å². The van der Waals surface area contributed by atoms with Gasteiger partial charge >= 0.3 is 6.36 Å². The molecule has 0 aromatic heterocycles. The van der Waals surface area contributed by atoms with Gasteiger partial charge in [0.15, 0.2) is 0 Å².